The van der Waals surface area contributed by atoms with Crippen molar-refractivity contribution in [3.8, 4) is 0 Å². The summed E-state index contributed by atoms with van der Waals surface area (Å²) in [6, 6.07) is 9.24. The molecule has 0 unspecified atom stereocenters. The molecule has 0 bridgehead atoms. The van der Waals surface area contributed by atoms with Gasteiger partial charge in [-0.05, 0) is 32.8 Å². The number of benzene rings is 1. The molecule has 2 atom stereocenters. The van der Waals surface area contributed by atoms with Crippen LogP contribution in [0, 0.1) is 5.92 Å². The molecule has 6 nitrogen and oxygen atoms in total. The Balaban J connectivity index is 2.02. The molecular formula is C19H25NO5. The highest BCUT2D eigenvalue weighted by molar-refractivity contribution is 5.96. The lowest BCUT2D eigenvalue weighted by Crippen LogP contribution is -2.43. The second-order valence-electron chi connectivity index (χ2n) is 7.32. The lowest BCUT2D eigenvalue weighted by molar-refractivity contribution is -0.158. The van der Waals surface area contributed by atoms with Crippen LogP contribution >= 0.6 is 0 Å². The lowest BCUT2D eigenvalue weighted by atomic mass is 10.0. The summed E-state index contributed by atoms with van der Waals surface area (Å²) in [6.07, 6.45) is -0.197. The van der Waals surface area contributed by atoms with E-state index in [9.17, 15) is 14.4 Å². The van der Waals surface area contributed by atoms with Gasteiger partial charge in [0.1, 0.15) is 12.2 Å². The van der Waals surface area contributed by atoms with Crippen LogP contribution in [0.1, 0.15) is 39.7 Å². The van der Waals surface area contributed by atoms with Gasteiger partial charge in [-0.15, -0.1) is 0 Å². The summed E-state index contributed by atoms with van der Waals surface area (Å²) in [6.45, 7) is 7.09. The fourth-order valence-electron chi connectivity index (χ4n) is 2.72. The van der Waals surface area contributed by atoms with Gasteiger partial charge in [-0.2, -0.15) is 0 Å². The Kier molecular flexibility index (Phi) is 5.82. The number of carbonyl (C=O) groups is 3. The smallest absolute Gasteiger partial charge is 0.416 e. The minimum Gasteiger partial charge on any atom is -0.460 e. The SMILES string of the molecule is C[C@H](CC(=O)OC(C)(C)C)C(=O)N1C(=O)OC[C@@H]1Cc1ccccc1. The van der Waals surface area contributed by atoms with Crippen molar-refractivity contribution < 1.29 is 23.9 Å². The number of hydrogen-bond donors (Lipinski definition) is 0. The van der Waals surface area contributed by atoms with Crippen LogP contribution in [0.4, 0.5) is 4.79 Å². The summed E-state index contributed by atoms with van der Waals surface area (Å²) in [5, 5.41) is 0. The summed E-state index contributed by atoms with van der Waals surface area (Å²) in [5.74, 6) is -1.52. The van der Waals surface area contributed by atoms with Crippen molar-refractivity contribution in [1.29, 1.82) is 0 Å². The Morgan fingerprint density at radius 3 is 2.52 bits per heavy atom. The first kappa shape index (κ1) is 19.0. The van der Waals surface area contributed by atoms with Crippen molar-refractivity contribution in [3.05, 3.63) is 35.9 Å². The largest absolute Gasteiger partial charge is 0.460 e. The molecule has 0 N–H and O–H groups in total. The van der Waals surface area contributed by atoms with Gasteiger partial charge in [0.25, 0.3) is 0 Å². The number of imide groups is 1. The average Bonchev–Trinajstić information content (AvgIpc) is 2.86. The molecule has 1 aliphatic heterocycles. The number of rotatable bonds is 5. The van der Waals surface area contributed by atoms with Crippen LogP contribution in [0.15, 0.2) is 30.3 Å². The number of ether oxygens (including phenoxy) is 2. The number of hydrogen-bond acceptors (Lipinski definition) is 5. The summed E-state index contributed by atoms with van der Waals surface area (Å²) in [4.78, 5) is 37.8. The standard InChI is InChI=1S/C19H25NO5/c1-13(10-16(21)25-19(2,3)4)17(22)20-15(12-24-18(20)23)11-14-8-6-5-7-9-14/h5-9,13,15H,10-12H2,1-4H3/t13-,15+/m1/s1. The second-order valence-corrected chi connectivity index (χ2v) is 7.32. The highest BCUT2D eigenvalue weighted by Crippen LogP contribution is 2.22. The molecular weight excluding hydrogens is 322 g/mol. The number of nitrogens with zero attached hydrogens (tertiary/aromatic N) is 1. The first-order valence-electron chi connectivity index (χ1n) is 8.43. The number of carbonyl (C=O) groups excluding carboxylic acids is 3. The molecule has 1 aliphatic rings. The summed E-state index contributed by atoms with van der Waals surface area (Å²) < 4.78 is 10.3. The first-order chi connectivity index (χ1) is 11.7. The maximum atomic E-state index is 12.7. The molecule has 136 valence electrons. The number of cyclic esters (lactones) is 1. The predicted molar refractivity (Wildman–Crippen MR) is 91.8 cm³/mol. The predicted octanol–water partition coefficient (Wildman–Crippen LogP) is 2.94. The van der Waals surface area contributed by atoms with Crippen LogP contribution in [0.2, 0.25) is 0 Å². The monoisotopic (exact) mass is 347 g/mol. The molecule has 0 saturated carbocycles. The molecule has 6 heteroatoms. The highest BCUT2D eigenvalue weighted by atomic mass is 16.6. The van der Waals surface area contributed by atoms with E-state index in [1.54, 1.807) is 27.7 Å². The third-order valence-corrected chi connectivity index (χ3v) is 3.83. The minimum atomic E-state index is -0.654. The molecule has 2 rings (SSSR count). The van der Waals surface area contributed by atoms with E-state index >= 15 is 0 Å². The van der Waals surface area contributed by atoms with Crippen LogP contribution < -0.4 is 0 Å². The molecule has 0 aromatic heterocycles. The van der Waals surface area contributed by atoms with Gasteiger partial charge in [-0.3, -0.25) is 9.59 Å². The van der Waals surface area contributed by atoms with E-state index in [0.717, 1.165) is 10.5 Å². The zero-order valence-electron chi connectivity index (χ0n) is 15.2. The zero-order valence-corrected chi connectivity index (χ0v) is 15.2. The molecule has 1 heterocycles. The van der Waals surface area contributed by atoms with Gasteiger partial charge in [0.2, 0.25) is 5.91 Å². The van der Waals surface area contributed by atoms with Crippen molar-refractivity contribution in [1.82, 2.24) is 4.90 Å². The van der Waals surface area contributed by atoms with Crippen LogP contribution in [0.25, 0.3) is 0 Å². The molecule has 1 aromatic carbocycles. The van der Waals surface area contributed by atoms with Gasteiger partial charge in [-0.1, -0.05) is 37.3 Å². The number of amides is 2. The van der Waals surface area contributed by atoms with E-state index in [1.165, 1.54) is 0 Å². The van der Waals surface area contributed by atoms with E-state index in [1.807, 2.05) is 30.3 Å². The maximum absolute atomic E-state index is 12.7. The van der Waals surface area contributed by atoms with Crippen LogP contribution in [-0.2, 0) is 25.5 Å². The summed E-state index contributed by atoms with van der Waals surface area (Å²) in [5.41, 5.74) is 0.408. The second kappa shape index (κ2) is 7.68. The number of esters is 1. The van der Waals surface area contributed by atoms with Gasteiger partial charge in [0, 0.05) is 5.92 Å². The van der Waals surface area contributed by atoms with Crippen molar-refractivity contribution in [2.45, 2.75) is 52.2 Å². The Hall–Kier alpha value is -2.37. The molecule has 1 aromatic rings. The van der Waals surface area contributed by atoms with Crippen molar-refractivity contribution in [2.24, 2.45) is 5.92 Å². The van der Waals surface area contributed by atoms with Gasteiger partial charge in [-0.25, -0.2) is 9.69 Å². The molecule has 0 aliphatic carbocycles. The van der Waals surface area contributed by atoms with Crippen LogP contribution in [0.3, 0.4) is 0 Å². The zero-order chi connectivity index (χ0) is 18.6. The lowest BCUT2D eigenvalue weighted by Gasteiger charge is -2.24. The molecule has 0 radical (unpaired) electrons. The Bertz CT molecular complexity index is 635. The normalized spacial score (nSPS) is 18.6. The minimum absolute atomic E-state index is 0.0715. The first-order valence-corrected chi connectivity index (χ1v) is 8.43. The van der Waals surface area contributed by atoms with Gasteiger partial charge < -0.3 is 9.47 Å². The van der Waals surface area contributed by atoms with Crippen molar-refractivity contribution in [2.75, 3.05) is 6.61 Å². The van der Waals surface area contributed by atoms with Crippen LogP contribution in [0.5, 0.6) is 0 Å². The molecule has 2 amide bonds. The molecule has 1 fully saturated rings. The molecule has 0 spiro atoms. The Morgan fingerprint density at radius 2 is 1.92 bits per heavy atom. The van der Waals surface area contributed by atoms with E-state index in [4.69, 9.17) is 9.47 Å². The summed E-state index contributed by atoms with van der Waals surface area (Å²) in [7, 11) is 0. The van der Waals surface area contributed by atoms with E-state index in [2.05, 4.69) is 0 Å². The quantitative estimate of drug-likeness (QED) is 0.766. The third kappa shape index (κ3) is 5.31. The topological polar surface area (TPSA) is 72.9 Å². The maximum Gasteiger partial charge on any atom is 0.416 e. The Labute approximate surface area is 148 Å². The molecule has 1 saturated heterocycles. The van der Waals surface area contributed by atoms with E-state index in [-0.39, 0.29) is 19.1 Å². The van der Waals surface area contributed by atoms with Gasteiger partial charge in [0.05, 0.1) is 12.5 Å². The Morgan fingerprint density at radius 1 is 1.28 bits per heavy atom. The van der Waals surface area contributed by atoms with Gasteiger partial charge >= 0.3 is 12.1 Å². The summed E-state index contributed by atoms with van der Waals surface area (Å²) >= 11 is 0. The van der Waals surface area contributed by atoms with Crippen LogP contribution in [-0.4, -0.2) is 41.1 Å². The fraction of sp³-hybridized carbons (Fsp3) is 0.526. The highest BCUT2D eigenvalue weighted by Gasteiger charge is 2.40. The van der Waals surface area contributed by atoms with Crippen molar-refractivity contribution >= 4 is 18.0 Å². The molecule has 25 heavy (non-hydrogen) atoms. The third-order valence-electron chi connectivity index (χ3n) is 3.83. The average molecular weight is 347 g/mol. The van der Waals surface area contributed by atoms with E-state index < -0.39 is 29.5 Å². The van der Waals surface area contributed by atoms with Gasteiger partial charge in [0.15, 0.2) is 0 Å². The van der Waals surface area contributed by atoms with E-state index in [0.29, 0.717) is 6.42 Å². The van der Waals surface area contributed by atoms with Crippen molar-refractivity contribution in [3.63, 3.8) is 0 Å². The fourth-order valence-corrected chi connectivity index (χ4v) is 2.72.